The Balaban J connectivity index is 1.94. The first-order valence-corrected chi connectivity index (χ1v) is 7.05. The fourth-order valence-electron chi connectivity index (χ4n) is 1.85. The van der Waals surface area contributed by atoms with Gasteiger partial charge in [0.1, 0.15) is 12.1 Å². The molecule has 0 aliphatic rings. The predicted molar refractivity (Wildman–Crippen MR) is 85.0 cm³/mol. The summed E-state index contributed by atoms with van der Waals surface area (Å²) in [5, 5.41) is 3.86. The fourth-order valence-corrected chi connectivity index (χ4v) is 2.22. The standard InChI is InChI=1S/C15H9Cl2FN4/c16-9-4-6-10(7-5-9)21-15-20-8-19-14(22-15)13-11(17)2-1-3-12(13)18/h1-8H,(H,19,20,21,22). The fraction of sp³-hybridized carbons (Fsp3) is 0. The Morgan fingerprint density at radius 3 is 2.45 bits per heavy atom. The molecule has 0 fully saturated rings. The van der Waals surface area contributed by atoms with E-state index >= 15 is 0 Å². The molecule has 3 aromatic rings. The van der Waals surface area contributed by atoms with Gasteiger partial charge in [-0.15, -0.1) is 0 Å². The van der Waals surface area contributed by atoms with E-state index in [9.17, 15) is 4.39 Å². The van der Waals surface area contributed by atoms with E-state index in [1.807, 2.05) is 0 Å². The zero-order valence-corrected chi connectivity index (χ0v) is 12.6. The first kappa shape index (κ1) is 14.7. The van der Waals surface area contributed by atoms with E-state index in [0.717, 1.165) is 5.69 Å². The summed E-state index contributed by atoms with van der Waals surface area (Å²) in [6.07, 6.45) is 1.29. The molecule has 0 bridgehead atoms. The van der Waals surface area contributed by atoms with E-state index < -0.39 is 5.82 Å². The molecule has 3 rings (SSSR count). The molecule has 0 aliphatic heterocycles. The molecule has 1 N–H and O–H groups in total. The third-order valence-electron chi connectivity index (χ3n) is 2.86. The van der Waals surface area contributed by atoms with E-state index in [1.54, 1.807) is 30.3 Å². The first-order valence-electron chi connectivity index (χ1n) is 6.29. The lowest BCUT2D eigenvalue weighted by molar-refractivity contribution is 0.630. The minimum Gasteiger partial charge on any atom is -0.324 e. The van der Waals surface area contributed by atoms with Crippen molar-refractivity contribution in [2.75, 3.05) is 5.32 Å². The van der Waals surface area contributed by atoms with Crippen LogP contribution >= 0.6 is 23.2 Å². The van der Waals surface area contributed by atoms with Crippen LogP contribution in [0.1, 0.15) is 0 Å². The maximum Gasteiger partial charge on any atom is 0.230 e. The van der Waals surface area contributed by atoms with Crippen molar-refractivity contribution in [3.63, 3.8) is 0 Å². The van der Waals surface area contributed by atoms with Crippen LogP contribution in [0.2, 0.25) is 10.0 Å². The molecule has 7 heteroatoms. The summed E-state index contributed by atoms with van der Waals surface area (Å²) in [6.45, 7) is 0. The third-order valence-corrected chi connectivity index (χ3v) is 3.43. The van der Waals surface area contributed by atoms with E-state index in [0.29, 0.717) is 5.02 Å². The summed E-state index contributed by atoms with van der Waals surface area (Å²) in [7, 11) is 0. The molecule has 0 spiro atoms. The van der Waals surface area contributed by atoms with Crippen molar-refractivity contribution in [3.8, 4) is 11.4 Å². The average molecular weight is 335 g/mol. The number of nitrogens with zero attached hydrogens (tertiary/aromatic N) is 3. The molecule has 0 radical (unpaired) electrons. The second-order valence-corrected chi connectivity index (χ2v) is 5.20. The molecular formula is C15H9Cl2FN4. The Bertz CT molecular complexity index is 789. The maximum absolute atomic E-state index is 13.9. The van der Waals surface area contributed by atoms with Crippen molar-refractivity contribution in [2.45, 2.75) is 0 Å². The highest BCUT2D eigenvalue weighted by atomic mass is 35.5. The van der Waals surface area contributed by atoms with Crippen molar-refractivity contribution in [2.24, 2.45) is 0 Å². The monoisotopic (exact) mass is 334 g/mol. The van der Waals surface area contributed by atoms with E-state index in [4.69, 9.17) is 23.2 Å². The number of nitrogens with one attached hydrogen (secondary N) is 1. The van der Waals surface area contributed by atoms with Crippen LogP contribution in [-0.2, 0) is 0 Å². The highest BCUT2D eigenvalue weighted by molar-refractivity contribution is 6.33. The summed E-state index contributed by atoms with van der Waals surface area (Å²) < 4.78 is 13.9. The number of hydrogen-bond acceptors (Lipinski definition) is 4. The lowest BCUT2D eigenvalue weighted by atomic mass is 10.2. The maximum atomic E-state index is 13.9. The quantitative estimate of drug-likeness (QED) is 0.752. The molecule has 0 aliphatic carbocycles. The lowest BCUT2D eigenvalue weighted by Crippen LogP contribution is -2.01. The molecule has 0 saturated heterocycles. The van der Waals surface area contributed by atoms with Crippen LogP contribution in [0, 0.1) is 5.82 Å². The molecule has 22 heavy (non-hydrogen) atoms. The van der Waals surface area contributed by atoms with Gasteiger partial charge in [-0.1, -0.05) is 29.3 Å². The lowest BCUT2D eigenvalue weighted by Gasteiger charge is -2.07. The molecular weight excluding hydrogens is 326 g/mol. The van der Waals surface area contributed by atoms with Crippen molar-refractivity contribution in [1.82, 2.24) is 15.0 Å². The van der Waals surface area contributed by atoms with Crippen molar-refractivity contribution in [1.29, 1.82) is 0 Å². The molecule has 1 heterocycles. The molecule has 4 nitrogen and oxygen atoms in total. The van der Waals surface area contributed by atoms with Gasteiger partial charge in [-0.2, -0.15) is 4.98 Å². The van der Waals surface area contributed by atoms with Gasteiger partial charge in [0.15, 0.2) is 5.82 Å². The minimum absolute atomic E-state index is 0.144. The first-order chi connectivity index (χ1) is 10.6. The second kappa shape index (κ2) is 6.25. The average Bonchev–Trinajstić information content (AvgIpc) is 2.50. The number of aromatic nitrogens is 3. The molecule has 0 atom stereocenters. The summed E-state index contributed by atoms with van der Waals surface area (Å²) >= 11 is 11.8. The van der Waals surface area contributed by atoms with Gasteiger partial charge in [-0.3, -0.25) is 0 Å². The van der Waals surface area contributed by atoms with E-state index in [-0.39, 0.29) is 22.4 Å². The summed E-state index contributed by atoms with van der Waals surface area (Å²) in [5.41, 5.74) is 0.895. The van der Waals surface area contributed by atoms with E-state index in [2.05, 4.69) is 20.3 Å². The van der Waals surface area contributed by atoms with Crippen molar-refractivity contribution in [3.05, 3.63) is 64.7 Å². The number of anilines is 2. The topological polar surface area (TPSA) is 50.7 Å². The number of halogens is 3. The van der Waals surface area contributed by atoms with Gasteiger partial charge in [-0.25, -0.2) is 14.4 Å². The van der Waals surface area contributed by atoms with Gasteiger partial charge in [-0.05, 0) is 36.4 Å². The summed E-state index contributed by atoms with van der Waals surface area (Å²) in [6, 6.07) is 11.4. The van der Waals surface area contributed by atoms with Crippen LogP contribution in [0.5, 0.6) is 0 Å². The van der Waals surface area contributed by atoms with Crippen molar-refractivity contribution < 1.29 is 4.39 Å². The normalized spacial score (nSPS) is 10.5. The second-order valence-electron chi connectivity index (χ2n) is 4.36. The zero-order chi connectivity index (χ0) is 15.5. The summed E-state index contributed by atoms with van der Waals surface area (Å²) in [5.74, 6) is -0.0441. The number of rotatable bonds is 3. The van der Waals surface area contributed by atoms with E-state index in [1.165, 1.54) is 18.5 Å². The molecule has 110 valence electrons. The Hall–Kier alpha value is -2.24. The van der Waals surface area contributed by atoms with Crippen LogP contribution in [0.3, 0.4) is 0 Å². The number of benzene rings is 2. The third kappa shape index (κ3) is 3.16. The molecule has 2 aromatic carbocycles. The smallest absolute Gasteiger partial charge is 0.230 e. The van der Waals surface area contributed by atoms with Gasteiger partial charge in [0.05, 0.1) is 10.6 Å². The van der Waals surface area contributed by atoms with Crippen LogP contribution in [-0.4, -0.2) is 15.0 Å². The van der Waals surface area contributed by atoms with Crippen LogP contribution in [0.4, 0.5) is 16.0 Å². The van der Waals surface area contributed by atoms with Gasteiger partial charge in [0, 0.05) is 10.7 Å². The highest BCUT2D eigenvalue weighted by Crippen LogP contribution is 2.28. The number of hydrogen-bond donors (Lipinski definition) is 1. The Morgan fingerprint density at radius 2 is 1.73 bits per heavy atom. The largest absolute Gasteiger partial charge is 0.324 e. The molecule has 0 amide bonds. The van der Waals surface area contributed by atoms with Crippen molar-refractivity contribution >= 4 is 34.8 Å². The van der Waals surface area contributed by atoms with Crippen LogP contribution in [0.25, 0.3) is 11.4 Å². The van der Waals surface area contributed by atoms with Crippen LogP contribution < -0.4 is 5.32 Å². The van der Waals surface area contributed by atoms with Gasteiger partial charge in [0.2, 0.25) is 5.95 Å². The minimum atomic E-state index is -0.490. The Labute approximate surface area is 136 Å². The molecule has 1 aromatic heterocycles. The summed E-state index contributed by atoms with van der Waals surface area (Å²) in [4.78, 5) is 12.2. The zero-order valence-electron chi connectivity index (χ0n) is 11.1. The van der Waals surface area contributed by atoms with Crippen LogP contribution in [0.15, 0.2) is 48.8 Å². The molecule has 0 unspecified atom stereocenters. The Morgan fingerprint density at radius 1 is 0.955 bits per heavy atom. The predicted octanol–water partition coefficient (Wildman–Crippen LogP) is 4.73. The van der Waals surface area contributed by atoms with Gasteiger partial charge in [0.25, 0.3) is 0 Å². The highest BCUT2D eigenvalue weighted by Gasteiger charge is 2.13. The molecule has 0 saturated carbocycles. The van der Waals surface area contributed by atoms with Gasteiger partial charge >= 0.3 is 0 Å². The van der Waals surface area contributed by atoms with Gasteiger partial charge < -0.3 is 5.32 Å². The SMILES string of the molecule is Fc1cccc(Cl)c1-c1ncnc(Nc2ccc(Cl)cc2)n1. The Kier molecular flexibility index (Phi) is 4.18.